The van der Waals surface area contributed by atoms with Gasteiger partial charge in [0, 0.05) is 37.7 Å². The van der Waals surface area contributed by atoms with Crippen molar-refractivity contribution in [1.29, 1.82) is 0 Å². The lowest BCUT2D eigenvalue weighted by Crippen LogP contribution is -2.56. The quantitative estimate of drug-likeness (QED) is 0.655. The van der Waals surface area contributed by atoms with Crippen molar-refractivity contribution in [2.24, 2.45) is 23.2 Å². The van der Waals surface area contributed by atoms with Crippen LogP contribution in [0.4, 0.5) is 0 Å². The van der Waals surface area contributed by atoms with Crippen molar-refractivity contribution in [2.75, 3.05) is 45.9 Å². The molecule has 6 aliphatic rings. The van der Waals surface area contributed by atoms with Crippen LogP contribution in [0, 0.1) is 23.2 Å². The van der Waals surface area contributed by atoms with Gasteiger partial charge in [0.25, 0.3) is 0 Å². The van der Waals surface area contributed by atoms with E-state index in [1.165, 1.54) is 35.7 Å². The van der Waals surface area contributed by atoms with Crippen LogP contribution in [0.5, 0.6) is 11.5 Å². The van der Waals surface area contributed by atoms with Crippen LogP contribution in [0.1, 0.15) is 38.5 Å². The van der Waals surface area contributed by atoms with Gasteiger partial charge in [-0.05, 0) is 68.4 Å². The first kappa shape index (κ1) is 23.1. The van der Waals surface area contributed by atoms with E-state index in [1.807, 2.05) is 0 Å². The number of sulfonamides is 1. The Hall–Kier alpha value is -2.33. The summed E-state index contributed by atoms with van der Waals surface area (Å²) in [6, 6.07) is 4.65. The van der Waals surface area contributed by atoms with Crippen molar-refractivity contribution >= 4 is 21.8 Å². The Morgan fingerprint density at radius 3 is 2.14 bits per heavy atom. The van der Waals surface area contributed by atoms with Crippen LogP contribution in [-0.2, 0) is 19.6 Å². The normalized spacial score (nSPS) is 31.9. The molecule has 0 atom stereocenters. The average molecular weight is 504 g/mol. The molecule has 190 valence electrons. The van der Waals surface area contributed by atoms with Gasteiger partial charge in [0.1, 0.15) is 13.2 Å². The Kier molecular flexibility index (Phi) is 5.71. The fourth-order valence-corrected chi connectivity index (χ4v) is 8.79. The van der Waals surface area contributed by atoms with Crippen LogP contribution < -0.4 is 14.8 Å². The molecule has 0 spiro atoms. The lowest BCUT2D eigenvalue weighted by atomic mass is 9.49. The fourth-order valence-electron chi connectivity index (χ4n) is 7.36. The van der Waals surface area contributed by atoms with E-state index in [0.29, 0.717) is 55.6 Å². The average Bonchev–Trinajstić information content (AvgIpc) is 2.86. The predicted octanol–water partition coefficient (Wildman–Crippen LogP) is 1.62. The Morgan fingerprint density at radius 2 is 1.51 bits per heavy atom. The van der Waals surface area contributed by atoms with E-state index in [-0.39, 0.29) is 41.8 Å². The third-order valence-corrected chi connectivity index (χ3v) is 10.6. The van der Waals surface area contributed by atoms with Crippen LogP contribution >= 0.6 is 0 Å². The van der Waals surface area contributed by atoms with Crippen LogP contribution in [0.2, 0.25) is 0 Å². The van der Waals surface area contributed by atoms with Gasteiger partial charge in [-0.25, -0.2) is 8.42 Å². The van der Waals surface area contributed by atoms with E-state index in [0.717, 1.165) is 19.3 Å². The second kappa shape index (κ2) is 8.65. The van der Waals surface area contributed by atoms with Gasteiger partial charge in [0.05, 0.1) is 11.4 Å². The highest BCUT2D eigenvalue weighted by Crippen LogP contribution is 2.60. The number of carbonyl (C=O) groups is 2. The molecule has 2 heterocycles. The van der Waals surface area contributed by atoms with Crippen molar-refractivity contribution in [1.82, 2.24) is 14.5 Å². The number of carbonyl (C=O) groups excluding carboxylic acids is 2. The van der Waals surface area contributed by atoms with Crippen molar-refractivity contribution < 1.29 is 27.5 Å². The molecule has 1 aromatic carbocycles. The van der Waals surface area contributed by atoms with Crippen molar-refractivity contribution in [3.63, 3.8) is 0 Å². The van der Waals surface area contributed by atoms with Crippen molar-refractivity contribution in [2.45, 2.75) is 43.4 Å². The summed E-state index contributed by atoms with van der Waals surface area (Å²) in [4.78, 5) is 27.8. The minimum atomic E-state index is -3.71. The number of hydrogen-bond acceptors (Lipinski definition) is 6. The number of nitrogens with one attached hydrogen (secondary N) is 1. The maximum atomic E-state index is 13.1. The van der Waals surface area contributed by atoms with E-state index < -0.39 is 10.0 Å². The Morgan fingerprint density at radius 1 is 0.914 bits per heavy atom. The molecule has 1 aromatic rings. The molecule has 4 aliphatic carbocycles. The molecule has 2 aliphatic heterocycles. The standard InChI is InChI=1S/C25H33N3O6S/c29-23(16-26-24(30)25-13-17-9-18(14-25)11-19(10-17)15-25)27-3-5-28(6-4-27)35(31,32)20-1-2-21-22(12-20)34-8-7-33-21/h1-2,12,17-19H,3-11,13-16H2,(H,26,30). The molecule has 0 aromatic heterocycles. The number of hydrogen-bond donors (Lipinski definition) is 1. The lowest BCUT2D eigenvalue weighted by Gasteiger charge is -2.55. The monoisotopic (exact) mass is 503 g/mol. The zero-order valence-electron chi connectivity index (χ0n) is 19.9. The van der Waals surface area contributed by atoms with Gasteiger partial charge < -0.3 is 19.7 Å². The first-order chi connectivity index (χ1) is 16.8. The molecule has 5 fully saturated rings. The molecule has 4 bridgehead atoms. The summed E-state index contributed by atoms with van der Waals surface area (Å²) in [6.45, 7) is 1.84. The summed E-state index contributed by atoms with van der Waals surface area (Å²) >= 11 is 0. The van der Waals surface area contributed by atoms with E-state index in [1.54, 1.807) is 11.0 Å². The Labute approximate surface area is 206 Å². The van der Waals surface area contributed by atoms with Crippen LogP contribution in [0.25, 0.3) is 0 Å². The maximum absolute atomic E-state index is 13.1. The molecule has 10 heteroatoms. The van der Waals surface area contributed by atoms with Crippen molar-refractivity contribution in [3.05, 3.63) is 18.2 Å². The number of benzene rings is 1. The zero-order valence-corrected chi connectivity index (χ0v) is 20.7. The minimum absolute atomic E-state index is 0.0184. The third-order valence-electron chi connectivity index (χ3n) is 8.66. The smallest absolute Gasteiger partial charge is 0.243 e. The molecule has 9 nitrogen and oxygen atoms in total. The fraction of sp³-hybridized carbons (Fsp3) is 0.680. The molecule has 35 heavy (non-hydrogen) atoms. The number of ether oxygens (including phenoxy) is 2. The van der Waals surface area contributed by atoms with E-state index in [4.69, 9.17) is 9.47 Å². The van der Waals surface area contributed by atoms with Gasteiger partial charge in [-0.3, -0.25) is 9.59 Å². The molecule has 7 rings (SSSR count). The zero-order chi connectivity index (χ0) is 24.2. The second-order valence-electron chi connectivity index (χ2n) is 11.0. The summed E-state index contributed by atoms with van der Waals surface area (Å²) in [6.07, 6.45) is 6.71. The number of amides is 2. The SMILES string of the molecule is O=C(CNC(=O)C12CC3CC(CC(C3)C1)C2)N1CCN(S(=O)(=O)c2ccc3c(c2)OCCO3)CC1. The van der Waals surface area contributed by atoms with Gasteiger partial charge in [-0.2, -0.15) is 4.31 Å². The van der Waals surface area contributed by atoms with Gasteiger partial charge in [0.15, 0.2) is 11.5 Å². The maximum Gasteiger partial charge on any atom is 0.243 e. The highest BCUT2D eigenvalue weighted by Gasteiger charge is 2.54. The Balaban J connectivity index is 1.03. The molecule has 4 saturated carbocycles. The van der Waals surface area contributed by atoms with Gasteiger partial charge in [0.2, 0.25) is 21.8 Å². The Bertz CT molecular complexity index is 1090. The first-order valence-corrected chi connectivity index (χ1v) is 14.2. The summed E-state index contributed by atoms with van der Waals surface area (Å²) in [5.41, 5.74) is -0.272. The highest BCUT2D eigenvalue weighted by molar-refractivity contribution is 7.89. The van der Waals surface area contributed by atoms with Crippen LogP contribution in [0.15, 0.2) is 23.1 Å². The van der Waals surface area contributed by atoms with Crippen molar-refractivity contribution in [3.8, 4) is 11.5 Å². The summed E-state index contributed by atoms with van der Waals surface area (Å²) in [5, 5.41) is 2.95. The van der Waals surface area contributed by atoms with E-state index in [9.17, 15) is 18.0 Å². The van der Waals surface area contributed by atoms with Gasteiger partial charge in [-0.1, -0.05) is 0 Å². The molecule has 1 N–H and O–H groups in total. The number of rotatable bonds is 5. The van der Waals surface area contributed by atoms with Crippen LogP contribution in [0.3, 0.4) is 0 Å². The molecule has 2 amide bonds. The summed E-state index contributed by atoms with van der Waals surface area (Å²) < 4.78 is 38.7. The first-order valence-electron chi connectivity index (χ1n) is 12.8. The lowest BCUT2D eigenvalue weighted by molar-refractivity contribution is -0.148. The second-order valence-corrected chi connectivity index (χ2v) is 12.9. The summed E-state index contributed by atoms with van der Waals surface area (Å²) in [5.74, 6) is 2.89. The van der Waals surface area contributed by atoms with Crippen LogP contribution in [-0.4, -0.2) is 75.4 Å². The molecule has 0 unspecified atom stereocenters. The molecular weight excluding hydrogens is 470 g/mol. The van der Waals surface area contributed by atoms with E-state index in [2.05, 4.69) is 5.32 Å². The topological polar surface area (TPSA) is 105 Å². The number of piperazine rings is 1. The molecular formula is C25H33N3O6S. The predicted molar refractivity (Wildman–Crippen MR) is 126 cm³/mol. The number of fused-ring (bicyclic) bond motifs is 1. The van der Waals surface area contributed by atoms with Gasteiger partial charge >= 0.3 is 0 Å². The third kappa shape index (κ3) is 4.18. The summed E-state index contributed by atoms with van der Waals surface area (Å²) in [7, 11) is -3.71. The van der Waals surface area contributed by atoms with Gasteiger partial charge in [-0.15, -0.1) is 0 Å². The largest absolute Gasteiger partial charge is 0.486 e. The highest BCUT2D eigenvalue weighted by atomic mass is 32.2. The minimum Gasteiger partial charge on any atom is -0.486 e. The molecule has 1 saturated heterocycles. The van der Waals surface area contributed by atoms with E-state index >= 15 is 0 Å². The molecule has 0 radical (unpaired) electrons. The number of nitrogens with zero attached hydrogens (tertiary/aromatic N) is 2.